The van der Waals surface area contributed by atoms with Gasteiger partial charge in [-0.15, -0.1) is 10.2 Å². The molecule has 2 aromatic heterocycles. The number of rotatable bonds is 9. The molecule has 2 heterocycles. The van der Waals surface area contributed by atoms with Gasteiger partial charge in [-0.25, -0.2) is 0 Å². The monoisotopic (exact) mass is 334 g/mol. The predicted molar refractivity (Wildman–Crippen MR) is 90.0 cm³/mol. The van der Waals surface area contributed by atoms with Crippen LogP contribution in [-0.4, -0.2) is 32.9 Å². The Morgan fingerprint density at radius 1 is 1.30 bits per heavy atom. The molecule has 2 aromatic rings. The Bertz CT molecular complexity index is 603. The van der Waals surface area contributed by atoms with Crippen molar-refractivity contribution >= 4 is 17.7 Å². The molecular weight excluding hydrogens is 312 g/mol. The lowest BCUT2D eigenvalue weighted by Crippen LogP contribution is -2.33. The zero-order valence-corrected chi connectivity index (χ0v) is 14.3. The number of hydrogen-bond acceptors (Lipinski definition) is 6. The van der Waals surface area contributed by atoms with Gasteiger partial charge in [-0.3, -0.25) is 9.78 Å². The Morgan fingerprint density at radius 2 is 2.09 bits per heavy atom. The summed E-state index contributed by atoms with van der Waals surface area (Å²) < 4.78 is 5.54. The molecule has 124 valence electrons. The first kappa shape index (κ1) is 17.5. The van der Waals surface area contributed by atoms with E-state index in [0.717, 1.165) is 18.4 Å². The standard InChI is InChI=1S/C16H22N4O2S/c1-3-4-5-6-12(2)18-14(21)11-23-16-20-19-15(22-16)13-7-9-17-10-8-13/h7-10,12H,3-6,11H2,1-2H3,(H,18,21). The third kappa shape index (κ3) is 6.02. The minimum atomic E-state index is -0.0114. The van der Waals surface area contributed by atoms with Crippen molar-refractivity contribution in [3.63, 3.8) is 0 Å². The Balaban J connectivity index is 1.75. The van der Waals surface area contributed by atoms with Crippen molar-refractivity contribution in [1.82, 2.24) is 20.5 Å². The number of aromatic nitrogens is 3. The second kappa shape index (κ2) is 9.29. The summed E-state index contributed by atoms with van der Waals surface area (Å²) in [6, 6.07) is 3.80. The first-order valence-corrected chi connectivity index (χ1v) is 8.83. The number of carbonyl (C=O) groups is 1. The van der Waals surface area contributed by atoms with Gasteiger partial charge in [-0.2, -0.15) is 0 Å². The van der Waals surface area contributed by atoms with Crippen LogP contribution in [0.4, 0.5) is 0 Å². The summed E-state index contributed by atoms with van der Waals surface area (Å²) in [6.45, 7) is 4.21. The molecule has 0 fully saturated rings. The Morgan fingerprint density at radius 3 is 2.83 bits per heavy atom. The SMILES string of the molecule is CCCCCC(C)NC(=O)CSc1nnc(-c2ccncc2)o1. The molecule has 0 aliphatic carbocycles. The van der Waals surface area contributed by atoms with Crippen LogP contribution in [0.25, 0.3) is 11.5 Å². The van der Waals surface area contributed by atoms with E-state index in [-0.39, 0.29) is 17.7 Å². The van der Waals surface area contributed by atoms with Crippen LogP contribution < -0.4 is 5.32 Å². The molecule has 1 atom stereocenters. The number of nitrogens with zero attached hydrogens (tertiary/aromatic N) is 3. The van der Waals surface area contributed by atoms with E-state index < -0.39 is 0 Å². The molecule has 7 heteroatoms. The van der Waals surface area contributed by atoms with Crippen LogP contribution in [0.15, 0.2) is 34.2 Å². The van der Waals surface area contributed by atoms with Crippen molar-refractivity contribution in [2.45, 2.75) is 50.8 Å². The number of pyridine rings is 1. The van der Waals surface area contributed by atoms with E-state index in [0.29, 0.717) is 11.1 Å². The van der Waals surface area contributed by atoms with Gasteiger partial charge in [-0.05, 0) is 25.5 Å². The third-order valence-electron chi connectivity index (χ3n) is 3.31. The van der Waals surface area contributed by atoms with E-state index in [9.17, 15) is 4.79 Å². The molecule has 1 amide bonds. The van der Waals surface area contributed by atoms with Crippen molar-refractivity contribution < 1.29 is 9.21 Å². The smallest absolute Gasteiger partial charge is 0.277 e. The van der Waals surface area contributed by atoms with Crippen molar-refractivity contribution in [1.29, 1.82) is 0 Å². The van der Waals surface area contributed by atoms with Gasteiger partial charge in [-0.1, -0.05) is 37.9 Å². The Labute approximate surface area is 140 Å². The molecule has 2 rings (SSSR count). The molecule has 0 saturated heterocycles. The van der Waals surface area contributed by atoms with Gasteiger partial charge in [0.1, 0.15) is 0 Å². The zero-order valence-electron chi connectivity index (χ0n) is 13.5. The van der Waals surface area contributed by atoms with E-state index in [1.165, 1.54) is 24.6 Å². The second-order valence-electron chi connectivity index (χ2n) is 5.36. The van der Waals surface area contributed by atoms with E-state index >= 15 is 0 Å². The maximum Gasteiger partial charge on any atom is 0.277 e. The highest BCUT2D eigenvalue weighted by Crippen LogP contribution is 2.22. The topological polar surface area (TPSA) is 80.9 Å². The fraction of sp³-hybridized carbons (Fsp3) is 0.500. The number of nitrogens with one attached hydrogen (secondary N) is 1. The van der Waals surface area contributed by atoms with Crippen LogP contribution in [0.5, 0.6) is 0 Å². The number of thioether (sulfide) groups is 1. The molecule has 6 nitrogen and oxygen atoms in total. The third-order valence-corrected chi connectivity index (χ3v) is 4.13. The highest BCUT2D eigenvalue weighted by molar-refractivity contribution is 7.99. The quantitative estimate of drug-likeness (QED) is 0.560. The summed E-state index contributed by atoms with van der Waals surface area (Å²) in [5, 5.41) is 11.3. The summed E-state index contributed by atoms with van der Waals surface area (Å²) in [4.78, 5) is 15.8. The highest BCUT2D eigenvalue weighted by atomic mass is 32.2. The molecule has 0 radical (unpaired) electrons. The van der Waals surface area contributed by atoms with Crippen LogP contribution in [0.1, 0.15) is 39.5 Å². The van der Waals surface area contributed by atoms with Crippen molar-refractivity contribution in [3.8, 4) is 11.5 Å². The van der Waals surface area contributed by atoms with E-state index in [1.807, 2.05) is 6.92 Å². The molecule has 0 aromatic carbocycles. The predicted octanol–water partition coefficient (Wildman–Crippen LogP) is 3.31. The lowest BCUT2D eigenvalue weighted by Gasteiger charge is -2.12. The molecule has 0 bridgehead atoms. The van der Waals surface area contributed by atoms with Gasteiger partial charge in [0.05, 0.1) is 5.75 Å². The number of carbonyl (C=O) groups excluding carboxylic acids is 1. The molecule has 1 unspecified atom stereocenters. The molecule has 0 aliphatic heterocycles. The van der Waals surface area contributed by atoms with Crippen LogP contribution in [0.3, 0.4) is 0 Å². The largest absolute Gasteiger partial charge is 0.411 e. The molecule has 0 aliphatic rings. The fourth-order valence-electron chi connectivity index (χ4n) is 2.10. The van der Waals surface area contributed by atoms with E-state index in [1.54, 1.807) is 24.5 Å². The highest BCUT2D eigenvalue weighted by Gasteiger charge is 2.12. The minimum absolute atomic E-state index is 0.0114. The average molecular weight is 334 g/mol. The molecule has 23 heavy (non-hydrogen) atoms. The van der Waals surface area contributed by atoms with Crippen molar-refractivity contribution in [2.24, 2.45) is 0 Å². The molecule has 1 N–H and O–H groups in total. The maximum atomic E-state index is 11.9. The summed E-state index contributed by atoms with van der Waals surface area (Å²) >= 11 is 1.25. The van der Waals surface area contributed by atoms with Gasteiger partial charge in [0.25, 0.3) is 5.22 Å². The summed E-state index contributed by atoms with van der Waals surface area (Å²) in [6.07, 6.45) is 7.88. The van der Waals surface area contributed by atoms with Crippen molar-refractivity contribution in [2.75, 3.05) is 5.75 Å². The van der Waals surface area contributed by atoms with Gasteiger partial charge in [0.15, 0.2) is 0 Å². The van der Waals surface area contributed by atoms with Crippen molar-refractivity contribution in [3.05, 3.63) is 24.5 Å². The summed E-state index contributed by atoms with van der Waals surface area (Å²) in [5.74, 6) is 0.696. The maximum absolute atomic E-state index is 11.9. The summed E-state index contributed by atoms with van der Waals surface area (Å²) in [5.41, 5.74) is 0.813. The van der Waals surface area contributed by atoms with Gasteiger partial charge >= 0.3 is 0 Å². The Hall–Kier alpha value is -1.89. The number of unbranched alkanes of at least 4 members (excludes halogenated alkanes) is 2. The Kier molecular flexibility index (Phi) is 7.06. The van der Waals surface area contributed by atoms with Crippen LogP contribution in [0, 0.1) is 0 Å². The van der Waals surface area contributed by atoms with Crippen LogP contribution >= 0.6 is 11.8 Å². The van der Waals surface area contributed by atoms with E-state index in [2.05, 4.69) is 27.4 Å². The molecule has 0 saturated carbocycles. The first-order chi connectivity index (χ1) is 11.2. The van der Waals surface area contributed by atoms with Crippen LogP contribution in [0.2, 0.25) is 0 Å². The average Bonchev–Trinajstić information content (AvgIpc) is 3.03. The normalized spacial score (nSPS) is 12.1. The number of hydrogen-bond donors (Lipinski definition) is 1. The first-order valence-electron chi connectivity index (χ1n) is 7.85. The lowest BCUT2D eigenvalue weighted by atomic mass is 10.1. The minimum Gasteiger partial charge on any atom is -0.411 e. The van der Waals surface area contributed by atoms with Gasteiger partial charge in [0.2, 0.25) is 11.8 Å². The van der Waals surface area contributed by atoms with Crippen LogP contribution in [-0.2, 0) is 4.79 Å². The van der Waals surface area contributed by atoms with Gasteiger partial charge in [0, 0.05) is 24.0 Å². The fourth-order valence-corrected chi connectivity index (χ4v) is 2.67. The van der Waals surface area contributed by atoms with E-state index in [4.69, 9.17) is 4.42 Å². The molecular formula is C16H22N4O2S. The second-order valence-corrected chi connectivity index (χ2v) is 6.29. The lowest BCUT2D eigenvalue weighted by molar-refractivity contribution is -0.119. The molecule has 0 spiro atoms. The van der Waals surface area contributed by atoms with Gasteiger partial charge < -0.3 is 9.73 Å². The number of amides is 1. The summed E-state index contributed by atoms with van der Waals surface area (Å²) in [7, 11) is 0. The zero-order chi connectivity index (χ0) is 16.5.